The first-order chi connectivity index (χ1) is 7.58. The molecule has 4 nitrogen and oxygen atoms in total. The Labute approximate surface area is 93.5 Å². The Hall–Kier alpha value is -1.39. The van der Waals surface area contributed by atoms with Gasteiger partial charge in [0.2, 0.25) is 0 Å². The second-order valence-electron chi connectivity index (χ2n) is 4.04. The molecule has 86 valence electrons. The molecule has 0 radical (unpaired) electrons. The Morgan fingerprint density at radius 3 is 2.62 bits per heavy atom. The number of hydrogen-bond donors (Lipinski definition) is 2. The molecule has 1 aliphatic carbocycles. The third kappa shape index (κ3) is 1.81. The van der Waals surface area contributed by atoms with Gasteiger partial charge < -0.3 is 14.9 Å². The van der Waals surface area contributed by atoms with Gasteiger partial charge in [0.15, 0.2) is 6.10 Å². The Balaban J connectivity index is 2.37. The van der Waals surface area contributed by atoms with Crippen LogP contribution in [0.15, 0.2) is 24.3 Å². The summed E-state index contributed by atoms with van der Waals surface area (Å²) in [5.74, 6) is -0.711. The van der Waals surface area contributed by atoms with Crippen molar-refractivity contribution in [3.05, 3.63) is 35.4 Å². The van der Waals surface area contributed by atoms with Crippen LogP contribution < -0.4 is 0 Å². The lowest BCUT2D eigenvalue weighted by atomic mass is 9.97. The molecule has 0 saturated heterocycles. The molecule has 0 aromatic heterocycles. The van der Waals surface area contributed by atoms with Crippen molar-refractivity contribution in [1.29, 1.82) is 0 Å². The number of methoxy groups -OCH3 is 1. The van der Waals surface area contributed by atoms with E-state index in [2.05, 4.69) is 4.74 Å². The van der Waals surface area contributed by atoms with Crippen LogP contribution in [0.3, 0.4) is 0 Å². The number of aliphatic hydroxyl groups is 2. The number of carbonyl (C=O) groups is 1. The van der Waals surface area contributed by atoms with Crippen LogP contribution in [0.4, 0.5) is 0 Å². The lowest BCUT2D eigenvalue weighted by Crippen LogP contribution is -2.18. The average Bonchev–Trinajstić information content (AvgIpc) is 3.06. The van der Waals surface area contributed by atoms with Crippen LogP contribution in [-0.4, -0.2) is 23.3 Å². The second-order valence-corrected chi connectivity index (χ2v) is 4.04. The molecule has 1 aromatic rings. The summed E-state index contributed by atoms with van der Waals surface area (Å²) in [5.41, 5.74) is 0.174. The molecule has 0 bridgehead atoms. The van der Waals surface area contributed by atoms with E-state index in [-0.39, 0.29) is 0 Å². The van der Waals surface area contributed by atoms with Gasteiger partial charge >= 0.3 is 5.97 Å². The Kier molecular flexibility index (Phi) is 2.69. The fourth-order valence-corrected chi connectivity index (χ4v) is 1.79. The van der Waals surface area contributed by atoms with Crippen molar-refractivity contribution in [1.82, 2.24) is 0 Å². The van der Waals surface area contributed by atoms with Crippen LogP contribution in [0.25, 0.3) is 0 Å². The lowest BCUT2D eigenvalue weighted by molar-refractivity contribution is -0.150. The van der Waals surface area contributed by atoms with Crippen LogP contribution in [0.5, 0.6) is 0 Å². The van der Waals surface area contributed by atoms with Crippen molar-refractivity contribution < 1.29 is 19.7 Å². The van der Waals surface area contributed by atoms with Crippen molar-refractivity contribution in [3.63, 3.8) is 0 Å². The van der Waals surface area contributed by atoms with E-state index in [4.69, 9.17) is 0 Å². The van der Waals surface area contributed by atoms with Gasteiger partial charge in [-0.05, 0) is 24.0 Å². The molecule has 1 fully saturated rings. The highest BCUT2D eigenvalue weighted by Gasteiger charge is 2.44. The van der Waals surface area contributed by atoms with Gasteiger partial charge in [-0.25, -0.2) is 4.79 Å². The standard InChI is InChI=1S/C12H14O4/c1-16-11(14)10(13)8-4-2-3-5-9(8)12(15)6-7-12/h2-5,10,13,15H,6-7H2,1H3. The maximum Gasteiger partial charge on any atom is 0.339 e. The number of carbonyl (C=O) groups excluding carboxylic acids is 1. The van der Waals surface area contributed by atoms with Crippen molar-refractivity contribution in [3.8, 4) is 0 Å². The predicted octanol–water partition coefficient (Wildman–Crippen LogP) is 0.874. The molecule has 16 heavy (non-hydrogen) atoms. The van der Waals surface area contributed by atoms with Crippen LogP contribution >= 0.6 is 0 Å². The van der Waals surface area contributed by atoms with Crippen molar-refractivity contribution >= 4 is 5.97 Å². The summed E-state index contributed by atoms with van der Waals surface area (Å²) in [6, 6.07) is 6.86. The SMILES string of the molecule is COC(=O)C(O)c1ccccc1C1(O)CC1. The molecule has 0 heterocycles. The number of aliphatic hydroxyl groups excluding tert-OH is 1. The van der Waals surface area contributed by atoms with E-state index < -0.39 is 17.7 Å². The van der Waals surface area contributed by atoms with E-state index in [9.17, 15) is 15.0 Å². The molecule has 1 saturated carbocycles. The molecule has 2 rings (SSSR count). The zero-order valence-corrected chi connectivity index (χ0v) is 9.01. The number of esters is 1. The minimum absolute atomic E-state index is 0.425. The zero-order chi connectivity index (χ0) is 11.8. The molecule has 0 aliphatic heterocycles. The summed E-state index contributed by atoms with van der Waals surface area (Å²) < 4.78 is 4.48. The van der Waals surface area contributed by atoms with Gasteiger partial charge in [0.1, 0.15) is 0 Å². The maximum absolute atomic E-state index is 11.3. The fraction of sp³-hybridized carbons (Fsp3) is 0.417. The largest absolute Gasteiger partial charge is 0.467 e. The Bertz CT molecular complexity index is 409. The van der Waals surface area contributed by atoms with Gasteiger partial charge in [-0.2, -0.15) is 0 Å². The van der Waals surface area contributed by atoms with Gasteiger partial charge in [0.05, 0.1) is 12.7 Å². The summed E-state index contributed by atoms with van der Waals surface area (Å²) in [4.78, 5) is 11.3. The number of rotatable bonds is 3. The van der Waals surface area contributed by atoms with Gasteiger partial charge in [0.25, 0.3) is 0 Å². The monoisotopic (exact) mass is 222 g/mol. The van der Waals surface area contributed by atoms with Crippen LogP contribution in [-0.2, 0) is 15.1 Å². The first kappa shape index (κ1) is 11.1. The molecule has 0 spiro atoms. The second kappa shape index (κ2) is 3.88. The van der Waals surface area contributed by atoms with Gasteiger partial charge in [-0.1, -0.05) is 24.3 Å². The zero-order valence-electron chi connectivity index (χ0n) is 9.01. The first-order valence-electron chi connectivity index (χ1n) is 5.16. The molecule has 1 aromatic carbocycles. The molecule has 1 unspecified atom stereocenters. The minimum atomic E-state index is -1.33. The van der Waals surface area contributed by atoms with E-state index in [0.29, 0.717) is 24.0 Å². The van der Waals surface area contributed by atoms with Gasteiger partial charge in [-0.3, -0.25) is 0 Å². The third-order valence-electron chi connectivity index (χ3n) is 2.90. The van der Waals surface area contributed by atoms with Crippen LogP contribution in [0.2, 0.25) is 0 Å². The summed E-state index contributed by atoms with van der Waals surface area (Å²) in [5, 5.41) is 19.8. The minimum Gasteiger partial charge on any atom is -0.467 e. The first-order valence-corrected chi connectivity index (χ1v) is 5.16. The lowest BCUT2D eigenvalue weighted by Gasteiger charge is -2.17. The smallest absolute Gasteiger partial charge is 0.339 e. The number of hydrogen-bond acceptors (Lipinski definition) is 4. The Morgan fingerprint density at radius 2 is 2.06 bits per heavy atom. The average molecular weight is 222 g/mol. The van der Waals surface area contributed by atoms with Crippen molar-refractivity contribution in [2.24, 2.45) is 0 Å². The van der Waals surface area contributed by atoms with Crippen molar-refractivity contribution in [2.75, 3.05) is 7.11 Å². The summed E-state index contributed by atoms with van der Waals surface area (Å²) >= 11 is 0. The molecular weight excluding hydrogens is 208 g/mol. The molecule has 1 atom stereocenters. The molecular formula is C12H14O4. The summed E-state index contributed by atoms with van der Waals surface area (Å²) in [7, 11) is 1.22. The third-order valence-corrected chi connectivity index (χ3v) is 2.90. The molecule has 4 heteroatoms. The number of benzene rings is 1. The fourth-order valence-electron chi connectivity index (χ4n) is 1.79. The van der Waals surface area contributed by atoms with E-state index >= 15 is 0 Å². The summed E-state index contributed by atoms with van der Waals surface area (Å²) in [6.07, 6.45) is 0.00124. The van der Waals surface area contributed by atoms with Crippen LogP contribution in [0, 0.1) is 0 Å². The Morgan fingerprint density at radius 1 is 1.44 bits per heavy atom. The molecule has 2 N–H and O–H groups in total. The van der Waals surface area contributed by atoms with E-state index in [1.54, 1.807) is 24.3 Å². The quantitative estimate of drug-likeness (QED) is 0.745. The highest BCUT2D eigenvalue weighted by molar-refractivity contribution is 5.76. The van der Waals surface area contributed by atoms with E-state index in [0.717, 1.165) is 0 Å². The normalized spacial score (nSPS) is 18.9. The maximum atomic E-state index is 11.3. The van der Waals surface area contributed by atoms with Gasteiger partial charge in [-0.15, -0.1) is 0 Å². The van der Waals surface area contributed by atoms with Crippen LogP contribution in [0.1, 0.15) is 30.1 Å². The number of ether oxygens (including phenoxy) is 1. The van der Waals surface area contributed by atoms with E-state index in [1.807, 2.05) is 0 Å². The van der Waals surface area contributed by atoms with Gasteiger partial charge in [0, 0.05) is 0 Å². The summed E-state index contributed by atoms with van der Waals surface area (Å²) in [6.45, 7) is 0. The van der Waals surface area contributed by atoms with Crippen molar-refractivity contribution in [2.45, 2.75) is 24.5 Å². The highest BCUT2D eigenvalue weighted by Crippen LogP contribution is 2.47. The topological polar surface area (TPSA) is 66.8 Å². The predicted molar refractivity (Wildman–Crippen MR) is 56.5 cm³/mol. The molecule has 0 amide bonds. The molecule has 1 aliphatic rings. The van der Waals surface area contributed by atoms with E-state index in [1.165, 1.54) is 7.11 Å². The highest BCUT2D eigenvalue weighted by atomic mass is 16.5.